The Kier molecular flexibility index (Phi) is 1.32. The predicted molar refractivity (Wildman–Crippen MR) is 47.8 cm³/mol. The van der Waals surface area contributed by atoms with Crippen LogP contribution in [-0.2, 0) is 5.41 Å². The van der Waals surface area contributed by atoms with Gasteiger partial charge in [0, 0.05) is 0 Å². The lowest BCUT2D eigenvalue weighted by Crippen LogP contribution is -1.98. The summed E-state index contributed by atoms with van der Waals surface area (Å²) in [5, 5.41) is 0. The van der Waals surface area contributed by atoms with E-state index in [4.69, 9.17) is 0 Å². The normalized spacial score (nSPS) is 19.8. The molecule has 0 spiro atoms. The van der Waals surface area contributed by atoms with Gasteiger partial charge in [0.2, 0.25) is 0 Å². The van der Waals surface area contributed by atoms with Gasteiger partial charge in [-0.1, -0.05) is 36.8 Å². The predicted octanol–water partition coefficient (Wildman–Crippen LogP) is 3.05. The van der Waals surface area contributed by atoms with Crippen molar-refractivity contribution in [2.45, 2.75) is 32.1 Å². The van der Waals surface area contributed by atoms with Gasteiger partial charge in [-0.25, -0.2) is 0 Å². The second-order valence-electron chi connectivity index (χ2n) is 3.93. The van der Waals surface area contributed by atoms with Crippen LogP contribution in [0.2, 0.25) is 0 Å². The van der Waals surface area contributed by atoms with Crippen LogP contribution in [0.1, 0.15) is 30.9 Å². The highest BCUT2D eigenvalue weighted by Gasteiger charge is 2.38. The Morgan fingerprint density at radius 1 is 1.09 bits per heavy atom. The molecule has 1 saturated carbocycles. The average Bonchev–Trinajstić information content (AvgIpc) is 2.70. The molecule has 1 aromatic rings. The third-order valence-corrected chi connectivity index (χ3v) is 2.75. The molecule has 0 saturated heterocycles. The summed E-state index contributed by atoms with van der Waals surface area (Å²) in [6.07, 6.45) is 2.74. The maximum absolute atomic E-state index is 2.34. The van der Waals surface area contributed by atoms with E-state index in [1.807, 2.05) is 0 Å². The van der Waals surface area contributed by atoms with Crippen LogP contribution in [0.4, 0.5) is 0 Å². The SMILES string of the molecule is Cc1ccc(C2(C)CC2)cc1. The van der Waals surface area contributed by atoms with Crippen molar-refractivity contribution in [3.63, 3.8) is 0 Å². The Labute approximate surface area is 68.3 Å². The molecule has 0 amide bonds. The van der Waals surface area contributed by atoms with Gasteiger partial charge in [-0.15, -0.1) is 0 Å². The third-order valence-electron chi connectivity index (χ3n) is 2.75. The smallest absolute Gasteiger partial charge is 0.00746 e. The van der Waals surface area contributed by atoms with Crippen molar-refractivity contribution < 1.29 is 0 Å². The lowest BCUT2D eigenvalue weighted by Gasteiger charge is -2.07. The summed E-state index contributed by atoms with van der Waals surface area (Å²) < 4.78 is 0. The minimum absolute atomic E-state index is 0.535. The first-order chi connectivity index (χ1) is 5.21. The van der Waals surface area contributed by atoms with Crippen LogP contribution in [0.25, 0.3) is 0 Å². The van der Waals surface area contributed by atoms with E-state index in [2.05, 4.69) is 38.1 Å². The zero-order chi connectivity index (χ0) is 7.90. The highest BCUT2D eigenvalue weighted by atomic mass is 14.4. The van der Waals surface area contributed by atoms with Crippen LogP contribution < -0.4 is 0 Å². The Hall–Kier alpha value is -0.780. The van der Waals surface area contributed by atoms with E-state index >= 15 is 0 Å². The maximum Gasteiger partial charge on any atom is -0.00746 e. The van der Waals surface area contributed by atoms with Crippen molar-refractivity contribution in [3.8, 4) is 0 Å². The molecular formula is C11H14. The molecule has 1 aliphatic carbocycles. The maximum atomic E-state index is 2.34. The van der Waals surface area contributed by atoms with E-state index in [1.54, 1.807) is 0 Å². The topological polar surface area (TPSA) is 0 Å². The molecule has 58 valence electrons. The van der Waals surface area contributed by atoms with Crippen molar-refractivity contribution in [1.29, 1.82) is 0 Å². The molecule has 0 bridgehead atoms. The molecule has 0 atom stereocenters. The van der Waals surface area contributed by atoms with Gasteiger partial charge < -0.3 is 0 Å². The summed E-state index contributed by atoms with van der Waals surface area (Å²) in [5.41, 5.74) is 3.41. The van der Waals surface area contributed by atoms with E-state index in [0.29, 0.717) is 5.41 Å². The lowest BCUT2D eigenvalue weighted by atomic mass is 9.98. The Morgan fingerprint density at radius 2 is 1.64 bits per heavy atom. The molecule has 0 heterocycles. The van der Waals surface area contributed by atoms with Gasteiger partial charge in [-0.2, -0.15) is 0 Å². The van der Waals surface area contributed by atoms with Crippen LogP contribution in [0.5, 0.6) is 0 Å². The summed E-state index contributed by atoms with van der Waals surface area (Å²) in [7, 11) is 0. The van der Waals surface area contributed by atoms with Crippen LogP contribution in [-0.4, -0.2) is 0 Å². The summed E-state index contributed by atoms with van der Waals surface area (Å²) in [6, 6.07) is 8.95. The Balaban J connectivity index is 2.33. The van der Waals surface area contributed by atoms with Gasteiger partial charge >= 0.3 is 0 Å². The molecule has 1 fully saturated rings. The van der Waals surface area contributed by atoms with Crippen molar-refractivity contribution in [2.75, 3.05) is 0 Å². The van der Waals surface area contributed by atoms with Crippen molar-refractivity contribution in [1.82, 2.24) is 0 Å². The molecule has 0 heteroatoms. The van der Waals surface area contributed by atoms with Gasteiger partial charge in [0.15, 0.2) is 0 Å². The van der Waals surface area contributed by atoms with Gasteiger partial charge in [0.1, 0.15) is 0 Å². The zero-order valence-corrected chi connectivity index (χ0v) is 7.22. The number of hydrogen-bond acceptors (Lipinski definition) is 0. The highest BCUT2D eigenvalue weighted by molar-refractivity contribution is 5.32. The van der Waals surface area contributed by atoms with E-state index in [1.165, 1.54) is 24.0 Å². The second-order valence-corrected chi connectivity index (χ2v) is 3.93. The zero-order valence-electron chi connectivity index (χ0n) is 7.22. The fraction of sp³-hybridized carbons (Fsp3) is 0.455. The summed E-state index contributed by atoms with van der Waals surface area (Å²) in [5.74, 6) is 0. The lowest BCUT2D eigenvalue weighted by molar-refractivity contribution is 0.787. The first-order valence-corrected chi connectivity index (χ1v) is 4.28. The van der Waals surface area contributed by atoms with Gasteiger partial charge in [-0.3, -0.25) is 0 Å². The van der Waals surface area contributed by atoms with E-state index in [0.717, 1.165) is 0 Å². The number of aryl methyl sites for hydroxylation is 1. The minimum atomic E-state index is 0.535. The van der Waals surface area contributed by atoms with Crippen LogP contribution in [0.3, 0.4) is 0 Å². The summed E-state index contributed by atoms with van der Waals surface area (Å²) in [6.45, 7) is 4.48. The van der Waals surface area contributed by atoms with Gasteiger partial charge in [0.05, 0.1) is 0 Å². The van der Waals surface area contributed by atoms with Gasteiger partial charge in [-0.05, 0) is 30.7 Å². The molecule has 0 unspecified atom stereocenters. The van der Waals surface area contributed by atoms with E-state index in [9.17, 15) is 0 Å². The van der Waals surface area contributed by atoms with Crippen LogP contribution >= 0.6 is 0 Å². The third kappa shape index (κ3) is 1.18. The molecule has 0 N–H and O–H groups in total. The molecular weight excluding hydrogens is 132 g/mol. The fourth-order valence-electron chi connectivity index (χ4n) is 1.43. The van der Waals surface area contributed by atoms with Crippen molar-refractivity contribution in [3.05, 3.63) is 35.4 Å². The van der Waals surface area contributed by atoms with Crippen molar-refractivity contribution in [2.24, 2.45) is 0 Å². The first-order valence-electron chi connectivity index (χ1n) is 4.28. The fourth-order valence-corrected chi connectivity index (χ4v) is 1.43. The average molecular weight is 146 g/mol. The standard InChI is InChI=1S/C11H14/c1-9-3-5-10(6-4-9)11(2)7-8-11/h3-6H,7-8H2,1-2H3. The molecule has 0 aromatic heterocycles. The number of hydrogen-bond donors (Lipinski definition) is 0. The molecule has 0 aliphatic heterocycles. The molecule has 0 radical (unpaired) electrons. The van der Waals surface area contributed by atoms with E-state index < -0.39 is 0 Å². The first kappa shape index (κ1) is 6.90. The van der Waals surface area contributed by atoms with Crippen molar-refractivity contribution >= 4 is 0 Å². The largest absolute Gasteiger partial charge is 0.0590 e. The summed E-state index contributed by atoms with van der Waals surface area (Å²) >= 11 is 0. The monoisotopic (exact) mass is 146 g/mol. The highest BCUT2D eigenvalue weighted by Crippen LogP contribution is 2.47. The molecule has 1 aromatic carbocycles. The number of benzene rings is 1. The minimum Gasteiger partial charge on any atom is -0.0590 e. The molecule has 11 heavy (non-hydrogen) atoms. The molecule has 0 nitrogen and oxygen atoms in total. The van der Waals surface area contributed by atoms with Crippen LogP contribution in [0, 0.1) is 6.92 Å². The second kappa shape index (κ2) is 2.10. The summed E-state index contributed by atoms with van der Waals surface area (Å²) in [4.78, 5) is 0. The molecule has 1 aliphatic rings. The quantitative estimate of drug-likeness (QED) is 0.571. The molecule has 2 rings (SSSR count). The Morgan fingerprint density at radius 3 is 2.09 bits per heavy atom. The van der Waals surface area contributed by atoms with Crippen LogP contribution in [0.15, 0.2) is 24.3 Å². The number of rotatable bonds is 1. The van der Waals surface area contributed by atoms with Gasteiger partial charge in [0.25, 0.3) is 0 Å². The Bertz CT molecular complexity index is 252. The van der Waals surface area contributed by atoms with E-state index in [-0.39, 0.29) is 0 Å².